The molecule has 2 aromatic heterocycles. The summed E-state index contributed by atoms with van der Waals surface area (Å²) in [6, 6.07) is 16.1. The molecule has 1 saturated carbocycles. The van der Waals surface area contributed by atoms with E-state index < -0.39 is 0 Å². The molecule has 0 bridgehead atoms. The topological polar surface area (TPSA) is 78.2 Å². The van der Waals surface area contributed by atoms with Gasteiger partial charge < -0.3 is 20.0 Å². The molecule has 2 unspecified atom stereocenters. The summed E-state index contributed by atoms with van der Waals surface area (Å²) in [7, 11) is 0. The number of amidine groups is 1. The van der Waals surface area contributed by atoms with Crippen LogP contribution in [0.15, 0.2) is 58.1 Å². The first-order valence-corrected chi connectivity index (χ1v) is 14.5. The van der Waals surface area contributed by atoms with Gasteiger partial charge in [-0.15, -0.1) is 0 Å². The van der Waals surface area contributed by atoms with Crippen molar-refractivity contribution in [2.24, 2.45) is 10.9 Å². The van der Waals surface area contributed by atoms with Gasteiger partial charge in [-0.2, -0.15) is 0 Å². The van der Waals surface area contributed by atoms with Crippen molar-refractivity contribution >= 4 is 16.8 Å². The smallest absolute Gasteiger partial charge is 0.135 e. The highest BCUT2D eigenvalue weighted by atomic mass is 16.3. The maximum Gasteiger partial charge on any atom is 0.135 e. The Hall–Kier alpha value is -3.38. The number of aliphatic imine (C=N–C) groups is 1. The minimum absolute atomic E-state index is 0.266. The summed E-state index contributed by atoms with van der Waals surface area (Å²) in [6.07, 6.45) is 11.7. The zero-order valence-electron chi connectivity index (χ0n) is 22.2. The number of aryl methyl sites for hydroxylation is 1. The number of aromatic amines is 1. The fourth-order valence-electron chi connectivity index (χ4n) is 6.57. The van der Waals surface area contributed by atoms with Crippen LogP contribution in [0.1, 0.15) is 80.9 Å². The van der Waals surface area contributed by atoms with Gasteiger partial charge in [0.15, 0.2) is 0 Å². The summed E-state index contributed by atoms with van der Waals surface area (Å²) in [6.45, 7) is 4.14. The van der Waals surface area contributed by atoms with Gasteiger partial charge in [-0.1, -0.05) is 44.4 Å². The Morgan fingerprint density at radius 3 is 2.74 bits per heavy atom. The van der Waals surface area contributed by atoms with Crippen LogP contribution in [0.3, 0.4) is 0 Å². The van der Waals surface area contributed by atoms with Crippen LogP contribution >= 0.6 is 0 Å². The largest absolute Gasteiger partial charge is 0.456 e. The summed E-state index contributed by atoms with van der Waals surface area (Å²) in [4.78, 5) is 13.2. The molecule has 4 aromatic rings. The molecule has 7 rings (SSSR count). The quantitative estimate of drug-likeness (QED) is 0.249. The third-order valence-electron chi connectivity index (χ3n) is 8.64. The number of imidazole rings is 1. The van der Waals surface area contributed by atoms with E-state index >= 15 is 0 Å². The highest BCUT2D eigenvalue weighted by Gasteiger charge is 2.28. The molecule has 3 N–H and O–H groups in total. The van der Waals surface area contributed by atoms with Crippen molar-refractivity contribution < 1.29 is 4.42 Å². The van der Waals surface area contributed by atoms with Crippen LogP contribution in [-0.2, 0) is 6.42 Å². The molecule has 2 aliphatic heterocycles. The lowest BCUT2D eigenvalue weighted by Crippen LogP contribution is -2.28. The zero-order chi connectivity index (χ0) is 25.5. The Labute approximate surface area is 224 Å². The molecule has 0 radical (unpaired) electrons. The molecule has 2 atom stereocenters. The van der Waals surface area contributed by atoms with Crippen LogP contribution < -0.4 is 10.6 Å². The van der Waals surface area contributed by atoms with Gasteiger partial charge in [0.05, 0.1) is 30.5 Å². The van der Waals surface area contributed by atoms with Crippen LogP contribution in [0, 0.1) is 5.92 Å². The standard InChI is InChI=1S/C32H37N5O/c1-2-6-21-15-23(10-12-25(21)28-19-35-32(37-28)26-9-5-14-33-26)30-17-24-16-22(11-13-29(24)38-30)27-18-34-31(36-27)20-7-3-4-8-20/h10-13,15-17,19-20,26-27,33H,2-9,14,18H2,1H3,(H,34,36)(H,35,37). The number of rotatable bonds is 7. The minimum atomic E-state index is 0.266. The molecule has 2 fully saturated rings. The van der Waals surface area contributed by atoms with Crippen molar-refractivity contribution in [3.63, 3.8) is 0 Å². The molecule has 0 amide bonds. The number of aromatic nitrogens is 2. The molecule has 38 heavy (non-hydrogen) atoms. The summed E-state index contributed by atoms with van der Waals surface area (Å²) in [5.41, 5.74) is 7.00. The van der Waals surface area contributed by atoms with E-state index in [0.717, 1.165) is 66.2 Å². The van der Waals surface area contributed by atoms with Crippen molar-refractivity contribution in [3.05, 3.63) is 65.6 Å². The molecule has 2 aromatic carbocycles. The second kappa shape index (κ2) is 10.1. The zero-order valence-corrected chi connectivity index (χ0v) is 22.2. The van der Waals surface area contributed by atoms with Crippen molar-refractivity contribution in [1.29, 1.82) is 0 Å². The van der Waals surface area contributed by atoms with Crippen LogP contribution in [0.4, 0.5) is 0 Å². The number of furan rings is 1. The lowest BCUT2D eigenvalue weighted by molar-refractivity contribution is 0.613. The van der Waals surface area contributed by atoms with Gasteiger partial charge in [0.25, 0.3) is 0 Å². The molecule has 6 nitrogen and oxygen atoms in total. The molecule has 196 valence electrons. The first-order valence-electron chi connectivity index (χ1n) is 14.5. The number of hydrogen-bond donors (Lipinski definition) is 3. The summed E-state index contributed by atoms with van der Waals surface area (Å²) in [5.74, 6) is 3.84. The second-order valence-electron chi connectivity index (χ2n) is 11.3. The van der Waals surface area contributed by atoms with Gasteiger partial charge in [-0.3, -0.25) is 4.99 Å². The van der Waals surface area contributed by atoms with E-state index in [1.807, 2.05) is 6.20 Å². The average molecular weight is 508 g/mol. The fourth-order valence-corrected chi connectivity index (χ4v) is 6.57. The SMILES string of the molecule is CCCc1cc(-c2cc3cc(C4CN=C(C5CCCC5)N4)ccc3o2)ccc1-c1cnc(C2CCCN2)[nH]1. The number of benzene rings is 2. The van der Waals surface area contributed by atoms with Crippen LogP contribution in [0.5, 0.6) is 0 Å². The predicted octanol–water partition coefficient (Wildman–Crippen LogP) is 7.10. The summed E-state index contributed by atoms with van der Waals surface area (Å²) in [5, 5.41) is 8.41. The van der Waals surface area contributed by atoms with E-state index in [2.05, 4.69) is 65.0 Å². The molecular formula is C32H37N5O. The van der Waals surface area contributed by atoms with Gasteiger partial charge in [0.1, 0.15) is 23.0 Å². The number of fused-ring (bicyclic) bond motifs is 1. The number of hydrogen-bond acceptors (Lipinski definition) is 5. The first kappa shape index (κ1) is 23.7. The highest BCUT2D eigenvalue weighted by molar-refractivity contribution is 5.88. The Bertz CT molecular complexity index is 1470. The second-order valence-corrected chi connectivity index (χ2v) is 11.3. The van der Waals surface area contributed by atoms with E-state index in [1.165, 1.54) is 54.6 Å². The Kier molecular flexibility index (Phi) is 6.28. The third kappa shape index (κ3) is 4.45. The predicted molar refractivity (Wildman–Crippen MR) is 153 cm³/mol. The Balaban J connectivity index is 1.14. The van der Waals surface area contributed by atoms with Crippen LogP contribution in [0.25, 0.3) is 33.6 Å². The maximum absolute atomic E-state index is 6.35. The summed E-state index contributed by atoms with van der Waals surface area (Å²) >= 11 is 0. The van der Waals surface area contributed by atoms with E-state index in [1.54, 1.807) is 0 Å². The number of H-pyrrole nitrogens is 1. The monoisotopic (exact) mass is 507 g/mol. The van der Waals surface area contributed by atoms with Crippen molar-refractivity contribution in [2.75, 3.05) is 13.1 Å². The van der Waals surface area contributed by atoms with Gasteiger partial charge in [0.2, 0.25) is 0 Å². The lowest BCUT2D eigenvalue weighted by Gasteiger charge is -2.15. The molecule has 6 heteroatoms. The van der Waals surface area contributed by atoms with Gasteiger partial charge in [-0.05, 0) is 74.0 Å². The van der Waals surface area contributed by atoms with Crippen LogP contribution in [0.2, 0.25) is 0 Å². The summed E-state index contributed by atoms with van der Waals surface area (Å²) < 4.78 is 6.35. The molecule has 0 spiro atoms. The Morgan fingerprint density at radius 1 is 0.974 bits per heavy atom. The highest BCUT2D eigenvalue weighted by Crippen LogP contribution is 2.35. The Morgan fingerprint density at radius 2 is 1.89 bits per heavy atom. The fraction of sp³-hybridized carbons (Fsp3) is 0.438. The maximum atomic E-state index is 6.35. The molecule has 4 heterocycles. The van der Waals surface area contributed by atoms with Crippen LogP contribution in [-0.4, -0.2) is 28.9 Å². The average Bonchev–Trinajstić information content (AvgIpc) is 3.77. The molecule has 1 aliphatic carbocycles. The van der Waals surface area contributed by atoms with E-state index in [4.69, 9.17) is 14.4 Å². The number of nitrogens with one attached hydrogen (secondary N) is 3. The van der Waals surface area contributed by atoms with Gasteiger partial charge >= 0.3 is 0 Å². The molecular weight excluding hydrogens is 470 g/mol. The van der Waals surface area contributed by atoms with Crippen molar-refractivity contribution in [1.82, 2.24) is 20.6 Å². The van der Waals surface area contributed by atoms with E-state index in [9.17, 15) is 0 Å². The van der Waals surface area contributed by atoms with E-state index in [0.29, 0.717) is 12.0 Å². The van der Waals surface area contributed by atoms with Crippen molar-refractivity contribution in [2.45, 2.75) is 70.4 Å². The lowest BCUT2D eigenvalue weighted by atomic mass is 9.97. The number of nitrogens with zero attached hydrogens (tertiary/aromatic N) is 2. The van der Waals surface area contributed by atoms with Gasteiger partial charge in [0, 0.05) is 22.4 Å². The normalized spacial score (nSPS) is 21.9. The first-order chi connectivity index (χ1) is 18.7. The molecule has 1 saturated heterocycles. The third-order valence-corrected chi connectivity index (χ3v) is 8.64. The minimum Gasteiger partial charge on any atom is -0.456 e. The van der Waals surface area contributed by atoms with Gasteiger partial charge in [-0.25, -0.2) is 4.98 Å². The van der Waals surface area contributed by atoms with Crippen molar-refractivity contribution in [3.8, 4) is 22.6 Å². The molecule has 3 aliphatic rings. The van der Waals surface area contributed by atoms with E-state index in [-0.39, 0.29) is 6.04 Å².